The van der Waals surface area contributed by atoms with E-state index in [1.807, 2.05) is 4.72 Å². The van der Waals surface area contributed by atoms with Crippen LogP contribution >= 0.6 is 0 Å². The van der Waals surface area contributed by atoms with Gasteiger partial charge in [0.1, 0.15) is 22.6 Å². The zero-order valence-electron chi connectivity index (χ0n) is 10.3. The molecule has 0 aliphatic rings. The van der Waals surface area contributed by atoms with Gasteiger partial charge in [0.2, 0.25) is 10.0 Å². The zero-order valence-corrected chi connectivity index (χ0v) is 11.1. The number of benzene rings is 1. The quantitative estimate of drug-likeness (QED) is 0.828. The lowest BCUT2D eigenvalue weighted by Gasteiger charge is -2.13. The Balaban J connectivity index is 2.95. The van der Waals surface area contributed by atoms with Gasteiger partial charge in [-0.1, -0.05) is 0 Å². The Morgan fingerprint density at radius 3 is 2.58 bits per heavy atom. The first-order chi connectivity index (χ1) is 8.77. The molecule has 0 aliphatic carbocycles. The summed E-state index contributed by atoms with van der Waals surface area (Å²) in [6.07, 6.45) is 0. The van der Waals surface area contributed by atoms with Crippen LogP contribution in [-0.2, 0) is 19.6 Å². The molecule has 0 saturated heterocycles. The van der Waals surface area contributed by atoms with Gasteiger partial charge in [-0.15, -0.1) is 0 Å². The highest BCUT2D eigenvalue weighted by Gasteiger charge is 2.25. The van der Waals surface area contributed by atoms with E-state index in [9.17, 15) is 22.0 Å². The summed E-state index contributed by atoms with van der Waals surface area (Å²) in [4.78, 5) is 10.6. The fraction of sp³-hybridized carbons (Fsp3) is 0.364. The van der Waals surface area contributed by atoms with Gasteiger partial charge in [-0.3, -0.25) is 4.79 Å². The van der Waals surface area contributed by atoms with E-state index in [1.54, 1.807) is 6.92 Å². The average Bonchev–Trinajstić information content (AvgIpc) is 2.27. The molecule has 1 unspecified atom stereocenters. The van der Waals surface area contributed by atoms with Gasteiger partial charge in [-0.05, 0) is 26.0 Å². The van der Waals surface area contributed by atoms with Crippen molar-refractivity contribution in [3.63, 3.8) is 0 Å². The van der Waals surface area contributed by atoms with E-state index < -0.39 is 38.6 Å². The molecule has 0 spiro atoms. The molecule has 0 radical (unpaired) electrons. The average molecular weight is 293 g/mol. The van der Waals surface area contributed by atoms with E-state index in [1.165, 1.54) is 6.92 Å². The summed E-state index contributed by atoms with van der Waals surface area (Å²) in [5.74, 6) is -2.91. The Hall–Kier alpha value is -1.54. The Morgan fingerprint density at radius 1 is 1.42 bits per heavy atom. The van der Waals surface area contributed by atoms with Crippen LogP contribution in [-0.4, -0.2) is 27.0 Å². The van der Waals surface area contributed by atoms with Crippen molar-refractivity contribution in [2.24, 2.45) is 0 Å². The second-order valence-corrected chi connectivity index (χ2v) is 5.35. The molecule has 0 amide bonds. The number of hydrogen-bond acceptors (Lipinski definition) is 4. The third-order valence-corrected chi connectivity index (χ3v) is 3.73. The lowest BCUT2D eigenvalue weighted by Crippen LogP contribution is -2.39. The molecule has 1 N–H and O–H groups in total. The van der Waals surface area contributed by atoms with E-state index in [-0.39, 0.29) is 6.61 Å². The smallest absolute Gasteiger partial charge is 0.323 e. The van der Waals surface area contributed by atoms with Crippen LogP contribution in [0, 0.1) is 11.6 Å². The summed E-state index contributed by atoms with van der Waals surface area (Å²) in [7, 11) is -4.26. The van der Waals surface area contributed by atoms with E-state index in [0.29, 0.717) is 6.07 Å². The molecule has 106 valence electrons. The Morgan fingerprint density at radius 2 is 2.05 bits per heavy atom. The molecule has 0 aromatic heterocycles. The monoisotopic (exact) mass is 293 g/mol. The fourth-order valence-corrected chi connectivity index (χ4v) is 2.56. The topological polar surface area (TPSA) is 72.5 Å². The molecule has 1 aromatic carbocycles. The SMILES string of the molecule is CCOC(=O)C(C)NS(=O)(=O)c1ccc(F)cc1F. The Labute approximate surface area is 109 Å². The first kappa shape index (κ1) is 15.5. The van der Waals surface area contributed by atoms with Gasteiger partial charge >= 0.3 is 5.97 Å². The van der Waals surface area contributed by atoms with Crippen molar-refractivity contribution in [3.8, 4) is 0 Å². The van der Waals surface area contributed by atoms with E-state index in [2.05, 4.69) is 4.74 Å². The first-order valence-electron chi connectivity index (χ1n) is 5.42. The maximum Gasteiger partial charge on any atom is 0.323 e. The molecule has 1 atom stereocenters. The van der Waals surface area contributed by atoms with Gasteiger partial charge in [0.05, 0.1) is 6.61 Å². The highest BCUT2D eigenvalue weighted by molar-refractivity contribution is 7.89. The molecule has 0 bridgehead atoms. The highest BCUT2D eigenvalue weighted by atomic mass is 32.2. The summed E-state index contributed by atoms with van der Waals surface area (Å²) < 4.78 is 56.2. The standard InChI is InChI=1S/C11H13F2NO4S/c1-3-18-11(15)7(2)14-19(16,17)10-5-4-8(12)6-9(10)13/h4-7,14H,3H2,1-2H3. The second-order valence-electron chi connectivity index (χ2n) is 3.67. The molecule has 5 nitrogen and oxygen atoms in total. The van der Waals surface area contributed by atoms with Crippen LogP contribution in [0.15, 0.2) is 23.1 Å². The molecule has 0 aliphatic heterocycles. The lowest BCUT2D eigenvalue weighted by molar-refractivity contribution is -0.144. The van der Waals surface area contributed by atoms with Gasteiger partial charge in [0.25, 0.3) is 0 Å². The Kier molecular flexibility index (Phi) is 4.96. The van der Waals surface area contributed by atoms with Crippen molar-refractivity contribution in [1.82, 2.24) is 4.72 Å². The number of sulfonamides is 1. The van der Waals surface area contributed by atoms with Crippen molar-refractivity contribution >= 4 is 16.0 Å². The summed E-state index contributed by atoms with van der Waals surface area (Å²) >= 11 is 0. The molecule has 19 heavy (non-hydrogen) atoms. The fourth-order valence-electron chi connectivity index (χ4n) is 1.30. The van der Waals surface area contributed by atoms with Gasteiger partial charge in [-0.25, -0.2) is 17.2 Å². The van der Waals surface area contributed by atoms with Gasteiger partial charge in [0.15, 0.2) is 0 Å². The van der Waals surface area contributed by atoms with Crippen LogP contribution in [0.3, 0.4) is 0 Å². The Bertz CT molecular complexity index is 574. The van der Waals surface area contributed by atoms with E-state index >= 15 is 0 Å². The zero-order chi connectivity index (χ0) is 14.6. The molecular weight excluding hydrogens is 280 g/mol. The second kappa shape index (κ2) is 6.07. The summed E-state index contributed by atoms with van der Waals surface area (Å²) in [6.45, 7) is 2.92. The highest BCUT2D eigenvalue weighted by Crippen LogP contribution is 2.15. The molecule has 0 heterocycles. The molecule has 8 heteroatoms. The van der Waals surface area contributed by atoms with Crippen LogP contribution in [0.25, 0.3) is 0 Å². The summed E-state index contributed by atoms with van der Waals surface area (Å²) in [6, 6.07) is 0.871. The number of halogens is 2. The number of carbonyl (C=O) groups excluding carboxylic acids is 1. The van der Waals surface area contributed by atoms with Gasteiger partial charge in [0, 0.05) is 6.07 Å². The summed E-state index contributed by atoms with van der Waals surface area (Å²) in [5, 5.41) is 0. The molecule has 0 fully saturated rings. The molecule has 0 saturated carbocycles. The van der Waals surface area contributed by atoms with Crippen LogP contribution in [0.4, 0.5) is 8.78 Å². The van der Waals surface area contributed by atoms with Crippen LogP contribution < -0.4 is 4.72 Å². The van der Waals surface area contributed by atoms with Crippen LogP contribution in [0.2, 0.25) is 0 Å². The predicted molar refractivity (Wildman–Crippen MR) is 62.8 cm³/mol. The van der Waals surface area contributed by atoms with Crippen LogP contribution in [0.5, 0.6) is 0 Å². The van der Waals surface area contributed by atoms with Gasteiger partial charge in [-0.2, -0.15) is 4.72 Å². The van der Waals surface area contributed by atoms with Gasteiger partial charge < -0.3 is 4.74 Å². The number of nitrogens with one attached hydrogen (secondary N) is 1. The van der Waals surface area contributed by atoms with E-state index in [0.717, 1.165) is 12.1 Å². The van der Waals surface area contributed by atoms with E-state index in [4.69, 9.17) is 0 Å². The first-order valence-corrected chi connectivity index (χ1v) is 6.90. The molecular formula is C11H13F2NO4S. The van der Waals surface area contributed by atoms with Crippen molar-refractivity contribution < 1.29 is 26.7 Å². The van der Waals surface area contributed by atoms with Crippen LogP contribution in [0.1, 0.15) is 13.8 Å². The number of ether oxygens (including phenoxy) is 1. The van der Waals surface area contributed by atoms with Crippen molar-refractivity contribution in [2.75, 3.05) is 6.61 Å². The largest absolute Gasteiger partial charge is 0.465 e. The number of hydrogen-bond donors (Lipinski definition) is 1. The molecule has 1 rings (SSSR count). The minimum absolute atomic E-state index is 0.0931. The minimum Gasteiger partial charge on any atom is -0.465 e. The van der Waals surface area contributed by atoms with Crippen molar-refractivity contribution in [1.29, 1.82) is 0 Å². The third-order valence-electron chi connectivity index (χ3n) is 2.16. The van der Waals surface area contributed by atoms with Crippen molar-refractivity contribution in [2.45, 2.75) is 24.8 Å². The molecule has 1 aromatic rings. The van der Waals surface area contributed by atoms with Crippen molar-refractivity contribution in [3.05, 3.63) is 29.8 Å². The number of rotatable bonds is 5. The predicted octanol–water partition coefficient (Wildman–Crippen LogP) is 1.19. The maximum absolute atomic E-state index is 13.4. The maximum atomic E-state index is 13.4. The lowest BCUT2D eigenvalue weighted by atomic mass is 10.3. The minimum atomic E-state index is -4.26. The number of carbonyl (C=O) groups is 1. The number of esters is 1. The third kappa shape index (κ3) is 3.97. The summed E-state index contributed by atoms with van der Waals surface area (Å²) in [5.41, 5.74) is 0. The normalized spacial score (nSPS) is 13.1.